The van der Waals surface area contributed by atoms with E-state index in [-0.39, 0.29) is 18.0 Å². The predicted octanol–water partition coefficient (Wildman–Crippen LogP) is 1.65. The van der Waals surface area contributed by atoms with Gasteiger partial charge in [0.25, 0.3) is 0 Å². The Labute approximate surface area is 104 Å². The van der Waals surface area contributed by atoms with Crippen molar-refractivity contribution in [3.05, 3.63) is 35.1 Å². The molecule has 0 aliphatic heterocycles. The zero-order valence-corrected chi connectivity index (χ0v) is 9.69. The minimum absolute atomic E-state index is 0.0207. The Kier molecular flexibility index (Phi) is 3.58. The van der Waals surface area contributed by atoms with Crippen LogP contribution in [0.3, 0.4) is 0 Å². The van der Waals surface area contributed by atoms with Crippen LogP contribution in [0.5, 0.6) is 0 Å². The van der Waals surface area contributed by atoms with Gasteiger partial charge >= 0.3 is 5.97 Å². The van der Waals surface area contributed by atoms with Crippen LogP contribution < -0.4 is 5.32 Å². The lowest BCUT2D eigenvalue weighted by Crippen LogP contribution is -2.38. The maximum Gasteiger partial charge on any atom is 0.320 e. The van der Waals surface area contributed by atoms with Crippen LogP contribution in [0.4, 0.5) is 4.39 Å². The molecule has 1 fully saturated rings. The van der Waals surface area contributed by atoms with Crippen molar-refractivity contribution in [3.8, 4) is 6.07 Å². The summed E-state index contributed by atoms with van der Waals surface area (Å²) >= 11 is 0. The highest BCUT2D eigenvalue weighted by atomic mass is 19.1. The number of nitrogens with zero attached hydrogens (tertiary/aromatic N) is 1. The SMILES string of the molecule is N#Cc1cccc(CNC(C(=O)O)C2CC2)c1F. The van der Waals surface area contributed by atoms with Crippen LogP contribution in [0.25, 0.3) is 0 Å². The highest BCUT2D eigenvalue weighted by molar-refractivity contribution is 5.74. The van der Waals surface area contributed by atoms with Gasteiger partial charge in [0.15, 0.2) is 0 Å². The number of hydrogen-bond acceptors (Lipinski definition) is 3. The Bertz CT molecular complexity index is 506. The van der Waals surface area contributed by atoms with Crippen molar-refractivity contribution in [1.82, 2.24) is 5.32 Å². The summed E-state index contributed by atoms with van der Waals surface area (Å²) < 4.78 is 13.7. The molecule has 94 valence electrons. The number of carbonyl (C=O) groups is 1. The van der Waals surface area contributed by atoms with Gasteiger partial charge in [-0.1, -0.05) is 12.1 Å². The van der Waals surface area contributed by atoms with Crippen LogP contribution in [0.15, 0.2) is 18.2 Å². The topological polar surface area (TPSA) is 73.1 Å². The van der Waals surface area contributed by atoms with E-state index in [1.807, 2.05) is 0 Å². The zero-order valence-electron chi connectivity index (χ0n) is 9.69. The fraction of sp³-hybridized carbons (Fsp3) is 0.385. The van der Waals surface area contributed by atoms with E-state index in [2.05, 4.69) is 5.32 Å². The molecule has 4 nitrogen and oxygen atoms in total. The summed E-state index contributed by atoms with van der Waals surface area (Å²) in [7, 11) is 0. The second-order valence-electron chi connectivity index (χ2n) is 4.42. The lowest BCUT2D eigenvalue weighted by Gasteiger charge is -2.14. The molecule has 0 aromatic heterocycles. The zero-order chi connectivity index (χ0) is 13.1. The summed E-state index contributed by atoms with van der Waals surface area (Å²) in [4.78, 5) is 11.0. The number of hydrogen-bond donors (Lipinski definition) is 2. The lowest BCUT2D eigenvalue weighted by atomic mass is 10.1. The van der Waals surface area contributed by atoms with Crippen LogP contribution in [-0.2, 0) is 11.3 Å². The molecule has 1 saturated carbocycles. The Hall–Kier alpha value is -1.93. The summed E-state index contributed by atoms with van der Waals surface area (Å²) in [5.74, 6) is -1.34. The normalized spacial score (nSPS) is 16.0. The molecule has 0 spiro atoms. The summed E-state index contributed by atoms with van der Waals surface area (Å²) in [5.41, 5.74) is 0.300. The third kappa shape index (κ3) is 2.66. The lowest BCUT2D eigenvalue weighted by molar-refractivity contribution is -0.140. The van der Waals surface area contributed by atoms with E-state index in [0.29, 0.717) is 5.56 Å². The van der Waals surface area contributed by atoms with E-state index in [0.717, 1.165) is 12.8 Å². The molecule has 1 aromatic carbocycles. The molecule has 2 N–H and O–H groups in total. The van der Waals surface area contributed by atoms with Gasteiger partial charge in [-0.05, 0) is 24.8 Å². The van der Waals surface area contributed by atoms with Gasteiger partial charge in [0.1, 0.15) is 17.9 Å². The Morgan fingerprint density at radius 2 is 2.33 bits per heavy atom. The van der Waals surface area contributed by atoms with Gasteiger partial charge in [0, 0.05) is 12.1 Å². The molecular formula is C13H13FN2O2. The number of carboxylic acids is 1. The van der Waals surface area contributed by atoms with Crippen molar-refractivity contribution in [1.29, 1.82) is 5.26 Å². The van der Waals surface area contributed by atoms with Gasteiger partial charge < -0.3 is 5.11 Å². The molecule has 0 radical (unpaired) electrons. The largest absolute Gasteiger partial charge is 0.480 e. The summed E-state index contributed by atoms with van der Waals surface area (Å²) in [6, 6.07) is 5.67. The highest BCUT2D eigenvalue weighted by Gasteiger charge is 2.35. The van der Waals surface area contributed by atoms with Gasteiger partial charge in [-0.3, -0.25) is 10.1 Å². The monoisotopic (exact) mass is 248 g/mol. The first-order valence-corrected chi connectivity index (χ1v) is 5.77. The quantitative estimate of drug-likeness (QED) is 0.831. The second kappa shape index (κ2) is 5.15. The molecule has 1 aliphatic rings. The fourth-order valence-corrected chi connectivity index (χ4v) is 1.91. The Morgan fingerprint density at radius 1 is 1.61 bits per heavy atom. The third-order valence-electron chi connectivity index (χ3n) is 3.07. The van der Waals surface area contributed by atoms with Gasteiger partial charge in [0.05, 0.1) is 5.56 Å². The molecule has 0 bridgehead atoms. The minimum atomic E-state index is -0.908. The van der Waals surface area contributed by atoms with Gasteiger partial charge in [0.2, 0.25) is 0 Å². The molecule has 1 atom stereocenters. The van der Waals surface area contributed by atoms with Crippen molar-refractivity contribution in [2.75, 3.05) is 0 Å². The van der Waals surface area contributed by atoms with Gasteiger partial charge in [-0.15, -0.1) is 0 Å². The minimum Gasteiger partial charge on any atom is -0.480 e. The molecule has 2 rings (SSSR count). The van der Waals surface area contributed by atoms with E-state index in [4.69, 9.17) is 10.4 Å². The average Bonchev–Trinajstić information content (AvgIpc) is 3.15. The number of aliphatic carboxylic acids is 1. The average molecular weight is 248 g/mol. The third-order valence-corrected chi connectivity index (χ3v) is 3.07. The molecule has 0 saturated heterocycles. The number of benzene rings is 1. The number of nitriles is 1. The second-order valence-corrected chi connectivity index (χ2v) is 4.42. The standard InChI is InChI=1S/C13H13FN2O2/c14-11-9(6-15)2-1-3-10(11)7-16-12(13(17)18)8-4-5-8/h1-3,8,12,16H,4-5,7H2,(H,17,18). The van der Waals surface area contributed by atoms with Gasteiger partial charge in [-0.25, -0.2) is 4.39 Å². The van der Waals surface area contributed by atoms with E-state index in [1.165, 1.54) is 6.07 Å². The number of carboxylic acid groups (broad SMARTS) is 1. The summed E-state index contributed by atoms with van der Waals surface area (Å²) in [5, 5.41) is 20.6. The number of halogens is 1. The smallest absolute Gasteiger partial charge is 0.320 e. The molecule has 18 heavy (non-hydrogen) atoms. The van der Waals surface area contributed by atoms with E-state index in [9.17, 15) is 9.18 Å². The molecular weight excluding hydrogens is 235 g/mol. The molecule has 0 heterocycles. The Morgan fingerprint density at radius 3 is 2.89 bits per heavy atom. The van der Waals surface area contributed by atoms with Crippen molar-refractivity contribution in [3.63, 3.8) is 0 Å². The maximum atomic E-state index is 13.7. The Balaban J connectivity index is 2.06. The van der Waals surface area contributed by atoms with Crippen LogP contribution in [0.2, 0.25) is 0 Å². The summed E-state index contributed by atoms with van der Waals surface area (Å²) in [6.07, 6.45) is 1.79. The summed E-state index contributed by atoms with van der Waals surface area (Å²) in [6.45, 7) is 0.120. The highest BCUT2D eigenvalue weighted by Crippen LogP contribution is 2.32. The van der Waals surface area contributed by atoms with Crippen LogP contribution in [0.1, 0.15) is 24.0 Å². The first kappa shape index (κ1) is 12.5. The first-order valence-electron chi connectivity index (χ1n) is 5.77. The molecule has 1 aliphatic carbocycles. The molecule has 5 heteroatoms. The molecule has 0 amide bonds. The van der Waals surface area contributed by atoms with Crippen LogP contribution >= 0.6 is 0 Å². The van der Waals surface area contributed by atoms with E-state index in [1.54, 1.807) is 18.2 Å². The first-order chi connectivity index (χ1) is 8.63. The molecule has 1 unspecified atom stereocenters. The van der Waals surface area contributed by atoms with Gasteiger partial charge in [-0.2, -0.15) is 5.26 Å². The fourth-order valence-electron chi connectivity index (χ4n) is 1.91. The van der Waals surface area contributed by atoms with Crippen molar-refractivity contribution in [2.24, 2.45) is 5.92 Å². The van der Waals surface area contributed by atoms with E-state index >= 15 is 0 Å². The predicted molar refractivity (Wildman–Crippen MR) is 62.1 cm³/mol. The van der Waals surface area contributed by atoms with Crippen LogP contribution in [0, 0.1) is 23.1 Å². The van der Waals surface area contributed by atoms with E-state index < -0.39 is 17.8 Å². The van der Waals surface area contributed by atoms with Crippen LogP contribution in [-0.4, -0.2) is 17.1 Å². The number of rotatable bonds is 5. The molecule has 1 aromatic rings. The number of nitrogens with one attached hydrogen (secondary N) is 1. The van der Waals surface area contributed by atoms with Crippen molar-refractivity contribution >= 4 is 5.97 Å². The van der Waals surface area contributed by atoms with Crippen molar-refractivity contribution in [2.45, 2.75) is 25.4 Å². The maximum absolute atomic E-state index is 13.7. The van der Waals surface area contributed by atoms with Crippen molar-refractivity contribution < 1.29 is 14.3 Å².